The van der Waals surface area contributed by atoms with E-state index in [0.29, 0.717) is 25.8 Å². The Morgan fingerprint density at radius 1 is 1.32 bits per heavy atom. The van der Waals surface area contributed by atoms with Gasteiger partial charge in [-0.1, -0.05) is 12.1 Å². The minimum atomic E-state index is -0.237. The molecule has 3 rings (SSSR count). The van der Waals surface area contributed by atoms with Crippen LogP contribution in [0.15, 0.2) is 24.3 Å². The number of likely N-dealkylation sites (tertiary alicyclic amines) is 1. The van der Waals surface area contributed by atoms with Crippen LogP contribution >= 0.6 is 0 Å². The lowest BCUT2D eigenvalue weighted by molar-refractivity contribution is -0.126. The number of nitrogens with one attached hydrogen (secondary N) is 1. The van der Waals surface area contributed by atoms with Gasteiger partial charge in [0.15, 0.2) is 0 Å². The summed E-state index contributed by atoms with van der Waals surface area (Å²) in [5, 5.41) is 3.16. The SMILES string of the molecule is CC(C)N1CCC(C(=O)NCC2(c3ccc(F)cc3)CCOC2)CC1. The van der Waals surface area contributed by atoms with Gasteiger partial charge in [-0.3, -0.25) is 4.79 Å². The number of amides is 1. The molecule has 1 N–H and O–H groups in total. The average molecular weight is 348 g/mol. The van der Waals surface area contributed by atoms with E-state index in [1.165, 1.54) is 12.1 Å². The van der Waals surface area contributed by atoms with Crippen LogP contribution in [0.2, 0.25) is 0 Å². The molecule has 25 heavy (non-hydrogen) atoms. The second-order valence-electron chi connectivity index (χ2n) is 7.71. The number of carbonyl (C=O) groups is 1. The molecule has 2 aliphatic rings. The molecule has 0 bridgehead atoms. The highest BCUT2D eigenvalue weighted by Gasteiger charge is 2.38. The number of hydrogen-bond donors (Lipinski definition) is 1. The van der Waals surface area contributed by atoms with E-state index in [2.05, 4.69) is 24.1 Å². The van der Waals surface area contributed by atoms with Crippen molar-refractivity contribution in [1.82, 2.24) is 10.2 Å². The zero-order valence-electron chi connectivity index (χ0n) is 15.3. The predicted octanol–water partition coefficient (Wildman–Crippen LogP) is 2.72. The Labute approximate surface area is 149 Å². The molecule has 0 aliphatic carbocycles. The van der Waals surface area contributed by atoms with E-state index in [0.717, 1.165) is 37.9 Å². The van der Waals surface area contributed by atoms with Crippen molar-refractivity contribution in [3.05, 3.63) is 35.6 Å². The number of piperidine rings is 1. The Hall–Kier alpha value is -1.46. The fourth-order valence-corrected chi connectivity index (χ4v) is 3.96. The van der Waals surface area contributed by atoms with Gasteiger partial charge in [0.05, 0.1) is 6.61 Å². The number of ether oxygens (including phenoxy) is 1. The van der Waals surface area contributed by atoms with Crippen molar-refractivity contribution in [2.45, 2.75) is 44.6 Å². The first kappa shape index (κ1) is 18.3. The summed E-state index contributed by atoms with van der Waals surface area (Å²) < 4.78 is 18.9. The fraction of sp³-hybridized carbons (Fsp3) is 0.650. The number of hydrogen-bond acceptors (Lipinski definition) is 3. The van der Waals surface area contributed by atoms with Gasteiger partial charge in [0.25, 0.3) is 0 Å². The van der Waals surface area contributed by atoms with Crippen molar-refractivity contribution in [2.24, 2.45) is 5.92 Å². The van der Waals surface area contributed by atoms with Gasteiger partial charge in [-0.05, 0) is 63.9 Å². The number of nitrogens with zero attached hydrogens (tertiary/aromatic N) is 1. The highest BCUT2D eigenvalue weighted by molar-refractivity contribution is 5.78. The van der Waals surface area contributed by atoms with Crippen molar-refractivity contribution < 1.29 is 13.9 Å². The lowest BCUT2D eigenvalue weighted by Crippen LogP contribution is -2.46. The first-order chi connectivity index (χ1) is 12.0. The molecule has 2 fully saturated rings. The van der Waals surface area contributed by atoms with Crippen LogP contribution in [0.3, 0.4) is 0 Å². The number of rotatable bonds is 5. The van der Waals surface area contributed by atoms with Crippen LogP contribution in [0.4, 0.5) is 4.39 Å². The van der Waals surface area contributed by atoms with Crippen molar-refractivity contribution in [3.8, 4) is 0 Å². The molecule has 1 aromatic rings. The highest BCUT2D eigenvalue weighted by atomic mass is 19.1. The molecule has 2 aliphatic heterocycles. The second kappa shape index (κ2) is 7.83. The monoisotopic (exact) mass is 348 g/mol. The highest BCUT2D eigenvalue weighted by Crippen LogP contribution is 2.33. The van der Waals surface area contributed by atoms with Gasteiger partial charge < -0.3 is 15.0 Å². The molecule has 1 atom stereocenters. The molecule has 2 heterocycles. The number of halogens is 1. The molecule has 4 nitrogen and oxygen atoms in total. The van der Waals surface area contributed by atoms with Crippen LogP contribution in [-0.4, -0.2) is 49.7 Å². The molecule has 138 valence electrons. The number of carbonyl (C=O) groups excluding carboxylic acids is 1. The average Bonchev–Trinajstić information content (AvgIpc) is 3.10. The van der Waals surface area contributed by atoms with Crippen LogP contribution in [0.1, 0.15) is 38.7 Å². The van der Waals surface area contributed by atoms with E-state index in [1.54, 1.807) is 0 Å². The van der Waals surface area contributed by atoms with Gasteiger partial charge in [0.1, 0.15) is 5.82 Å². The van der Waals surface area contributed by atoms with Crippen LogP contribution in [0, 0.1) is 11.7 Å². The van der Waals surface area contributed by atoms with Crippen LogP contribution in [0.5, 0.6) is 0 Å². The summed E-state index contributed by atoms with van der Waals surface area (Å²) in [5.41, 5.74) is 0.809. The summed E-state index contributed by atoms with van der Waals surface area (Å²) in [5.74, 6) is 0.0122. The summed E-state index contributed by atoms with van der Waals surface area (Å²) in [6.45, 7) is 8.19. The van der Waals surface area contributed by atoms with E-state index in [9.17, 15) is 9.18 Å². The fourth-order valence-electron chi connectivity index (χ4n) is 3.96. The third kappa shape index (κ3) is 4.21. The van der Waals surface area contributed by atoms with Crippen LogP contribution in [0.25, 0.3) is 0 Å². The molecule has 0 radical (unpaired) electrons. The largest absolute Gasteiger partial charge is 0.380 e. The lowest BCUT2D eigenvalue weighted by Gasteiger charge is -2.35. The minimum Gasteiger partial charge on any atom is -0.380 e. The Morgan fingerprint density at radius 2 is 2.00 bits per heavy atom. The molecule has 0 spiro atoms. The minimum absolute atomic E-state index is 0.0996. The maximum absolute atomic E-state index is 13.2. The maximum atomic E-state index is 13.2. The van der Waals surface area contributed by atoms with E-state index >= 15 is 0 Å². The van der Waals surface area contributed by atoms with E-state index in [4.69, 9.17) is 4.74 Å². The molecular formula is C20H29FN2O2. The maximum Gasteiger partial charge on any atom is 0.223 e. The molecule has 1 aromatic carbocycles. The molecule has 2 saturated heterocycles. The molecular weight excluding hydrogens is 319 g/mol. The first-order valence-corrected chi connectivity index (χ1v) is 9.36. The number of benzene rings is 1. The molecule has 0 saturated carbocycles. The van der Waals surface area contributed by atoms with Gasteiger partial charge in [-0.2, -0.15) is 0 Å². The third-order valence-electron chi connectivity index (χ3n) is 5.79. The zero-order valence-corrected chi connectivity index (χ0v) is 15.3. The summed E-state index contributed by atoms with van der Waals surface area (Å²) in [4.78, 5) is 15.1. The van der Waals surface area contributed by atoms with E-state index in [1.807, 2.05) is 12.1 Å². The van der Waals surface area contributed by atoms with E-state index < -0.39 is 0 Å². The Kier molecular flexibility index (Phi) is 5.74. The molecule has 1 unspecified atom stereocenters. The van der Waals surface area contributed by atoms with Crippen molar-refractivity contribution in [2.75, 3.05) is 32.8 Å². The van der Waals surface area contributed by atoms with Gasteiger partial charge in [-0.25, -0.2) is 4.39 Å². The Morgan fingerprint density at radius 3 is 2.56 bits per heavy atom. The summed E-state index contributed by atoms with van der Waals surface area (Å²) >= 11 is 0. The van der Waals surface area contributed by atoms with E-state index in [-0.39, 0.29) is 23.1 Å². The lowest BCUT2D eigenvalue weighted by atomic mass is 9.79. The Bertz CT molecular complexity index is 574. The van der Waals surface area contributed by atoms with Gasteiger partial charge >= 0.3 is 0 Å². The second-order valence-corrected chi connectivity index (χ2v) is 7.71. The predicted molar refractivity (Wildman–Crippen MR) is 96.0 cm³/mol. The van der Waals surface area contributed by atoms with Gasteiger partial charge in [-0.15, -0.1) is 0 Å². The quantitative estimate of drug-likeness (QED) is 0.890. The first-order valence-electron chi connectivity index (χ1n) is 9.36. The van der Waals surface area contributed by atoms with Gasteiger partial charge in [0.2, 0.25) is 5.91 Å². The van der Waals surface area contributed by atoms with Crippen LogP contribution in [-0.2, 0) is 14.9 Å². The standard InChI is InChI=1S/C20H29FN2O2/c1-15(2)23-10-7-16(8-11-23)19(24)22-13-20(9-12-25-14-20)17-3-5-18(21)6-4-17/h3-6,15-16H,7-14H2,1-2H3,(H,22,24). The third-order valence-corrected chi connectivity index (χ3v) is 5.79. The molecule has 1 amide bonds. The van der Waals surface area contributed by atoms with Crippen molar-refractivity contribution >= 4 is 5.91 Å². The molecule has 5 heteroatoms. The van der Waals surface area contributed by atoms with Crippen molar-refractivity contribution in [3.63, 3.8) is 0 Å². The summed E-state index contributed by atoms with van der Waals surface area (Å²) in [7, 11) is 0. The summed E-state index contributed by atoms with van der Waals surface area (Å²) in [6, 6.07) is 7.15. The zero-order chi connectivity index (χ0) is 17.9. The van der Waals surface area contributed by atoms with Crippen LogP contribution < -0.4 is 5.32 Å². The van der Waals surface area contributed by atoms with Crippen molar-refractivity contribution in [1.29, 1.82) is 0 Å². The smallest absolute Gasteiger partial charge is 0.223 e. The van der Waals surface area contributed by atoms with Gasteiger partial charge in [0, 0.05) is 30.5 Å². The molecule has 0 aromatic heterocycles. The Balaban J connectivity index is 1.59. The summed E-state index contributed by atoms with van der Waals surface area (Å²) in [6.07, 6.45) is 2.69. The topological polar surface area (TPSA) is 41.6 Å². The normalized spacial score (nSPS) is 25.4.